The van der Waals surface area contributed by atoms with Crippen LogP contribution in [0.25, 0.3) is 0 Å². The standard InChI is InChI=1S/C14H17FO2/c1-10-5-6-11(8-13(10)15)14(16)9-12-4-2-3-7-17-12/h5-6,8,12H,2-4,7,9H2,1H3. The predicted octanol–water partition coefficient (Wildman–Crippen LogP) is 3.28. The number of ether oxygens (including phenoxy) is 1. The van der Waals surface area contributed by atoms with Crippen LogP contribution in [-0.2, 0) is 4.74 Å². The van der Waals surface area contributed by atoms with E-state index in [2.05, 4.69) is 0 Å². The summed E-state index contributed by atoms with van der Waals surface area (Å²) in [6, 6.07) is 4.65. The summed E-state index contributed by atoms with van der Waals surface area (Å²) < 4.78 is 18.8. The van der Waals surface area contributed by atoms with Crippen LogP contribution >= 0.6 is 0 Å². The largest absolute Gasteiger partial charge is 0.378 e. The van der Waals surface area contributed by atoms with Gasteiger partial charge in [-0.2, -0.15) is 0 Å². The Bertz CT molecular complexity index is 409. The van der Waals surface area contributed by atoms with E-state index in [0.717, 1.165) is 25.9 Å². The first kappa shape index (κ1) is 12.2. The molecule has 2 rings (SSSR count). The molecule has 1 aliphatic heterocycles. The Morgan fingerprint density at radius 3 is 2.94 bits per heavy atom. The van der Waals surface area contributed by atoms with Crippen LogP contribution in [-0.4, -0.2) is 18.5 Å². The number of carbonyl (C=O) groups excluding carboxylic acids is 1. The molecular weight excluding hydrogens is 219 g/mol. The van der Waals surface area contributed by atoms with Crippen molar-refractivity contribution in [2.45, 2.75) is 38.7 Å². The van der Waals surface area contributed by atoms with E-state index in [-0.39, 0.29) is 17.7 Å². The maximum Gasteiger partial charge on any atom is 0.165 e. The van der Waals surface area contributed by atoms with Gasteiger partial charge in [-0.3, -0.25) is 4.79 Å². The fourth-order valence-electron chi connectivity index (χ4n) is 2.06. The highest BCUT2D eigenvalue weighted by Gasteiger charge is 2.19. The van der Waals surface area contributed by atoms with Crippen LogP contribution in [0.2, 0.25) is 0 Å². The van der Waals surface area contributed by atoms with E-state index in [9.17, 15) is 9.18 Å². The summed E-state index contributed by atoms with van der Waals surface area (Å²) in [5, 5.41) is 0. The number of rotatable bonds is 3. The molecule has 0 saturated carbocycles. The van der Waals surface area contributed by atoms with Crippen molar-refractivity contribution in [1.29, 1.82) is 0 Å². The van der Waals surface area contributed by atoms with Crippen LogP contribution in [0.4, 0.5) is 4.39 Å². The molecule has 1 fully saturated rings. The Morgan fingerprint density at radius 2 is 2.29 bits per heavy atom. The minimum absolute atomic E-state index is 0.0145. The lowest BCUT2D eigenvalue weighted by Gasteiger charge is -2.21. The molecule has 17 heavy (non-hydrogen) atoms. The summed E-state index contributed by atoms with van der Waals surface area (Å²) in [5.74, 6) is -0.351. The highest BCUT2D eigenvalue weighted by atomic mass is 19.1. The van der Waals surface area contributed by atoms with E-state index in [1.165, 1.54) is 6.07 Å². The third-order valence-corrected chi connectivity index (χ3v) is 3.18. The first-order chi connectivity index (χ1) is 8.16. The lowest BCUT2D eigenvalue weighted by Crippen LogP contribution is -2.22. The molecule has 0 radical (unpaired) electrons. The molecule has 0 aromatic heterocycles. The summed E-state index contributed by atoms with van der Waals surface area (Å²) in [6.45, 7) is 2.42. The predicted molar refractivity (Wildman–Crippen MR) is 63.7 cm³/mol. The van der Waals surface area contributed by atoms with Gasteiger partial charge in [0, 0.05) is 18.6 Å². The number of carbonyl (C=O) groups is 1. The second-order valence-corrected chi connectivity index (χ2v) is 4.58. The van der Waals surface area contributed by atoms with E-state index >= 15 is 0 Å². The summed E-state index contributed by atoms with van der Waals surface area (Å²) in [7, 11) is 0. The normalized spacial score (nSPS) is 20.2. The second-order valence-electron chi connectivity index (χ2n) is 4.58. The molecule has 1 aliphatic rings. The van der Waals surface area contributed by atoms with E-state index < -0.39 is 0 Å². The van der Waals surface area contributed by atoms with E-state index in [4.69, 9.17) is 4.74 Å². The first-order valence-electron chi connectivity index (χ1n) is 6.08. The number of ketones is 1. The summed E-state index contributed by atoms with van der Waals surface area (Å²) in [4.78, 5) is 11.9. The van der Waals surface area contributed by atoms with Crippen LogP contribution in [0.5, 0.6) is 0 Å². The Hall–Kier alpha value is -1.22. The quantitative estimate of drug-likeness (QED) is 0.753. The monoisotopic (exact) mass is 236 g/mol. The van der Waals surface area contributed by atoms with Gasteiger partial charge in [0.2, 0.25) is 0 Å². The topological polar surface area (TPSA) is 26.3 Å². The van der Waals surface area contributed by atoms with Gasteiger partial charge in [-0.25, -0.2) is 4.39 Å². The van der Waals surface area contributed by atoms with Crippen LogP contribution < -0.4 is 0 Å². The van der Waals surface area contributed by atoms with Crippen LogP contribution in [0.1, 0.15) is 41.6 Å². The van der Waals surface area contributed by atoms with E-state index in [1.54, 1.807) is 19.1 Å². The van der Waals surface area contributed by atoms with Crippen molar-refractivity contribution in [2.24, 2.45) is 0 Å². The van der Waals surface area contributed by atoms with Gasteiger partial charge in [-0.1, -0.05) is 12.1 Å². The SMILES string of the molecule is Cc1ccc(C(=O)CC2CCCCO2)cc1F. The van der Waals surface area contributed by atoms with E-state index in [0.29, 0.717) is 17.5 Å². The van der Waals surface area contributed by atoms with Gasteiger partial charge in [0.15, 0.2) is 5.78 Å². The minimum Gasteiger partial charge on any atom is -0.378 e. The molecule has 1 aromatic carbocycles. The van der Waals surface area contributed by atoms with Gasteiger partial charge in [-0.15, -0.1) is 0 Å². The first-order valence-corrected chi connectivity index (χ1v) is 6.08. The molecule has 0 N–H and O–H groups in total. The molecule has 1 heterocycles. The number of hydrogen-bond donors (Lipinski definition) is 0. The molecule has 0 amide bonds. The second kappa shape index (κ2) is 5.41. The molecule has 3 heteroatoms. The molecule has 1 atom stereocenters. The van der Waals surface area contributed by atoms with Crippen LogP contribution in [0, 0.1) is 12.7 Å². The number of Topliss-reactive ketones (excluding diaryl/α,β-unsaturated/α-hetero) is 1. The average Bonchev–Trinajstić information content (AvgIpc) is 2.34. The van der Waals surface area contributed by atoms with Crippen molar-refractivity contribution in [3.63, 3.8) is 0 Å². The lowest BCUT2D eigenvalue weighted by molar-refractivity contribution is 0.0129. The molecular formula is C14H17FO2. The Kier molecular flexibility index (Phi) is 3.89. The van der Waals surface area contributed by atoms with Crippen molar-refractivity contribution in [1.82, 2.24) is 0 Å². The zero-order valence-corrected chi connectivity index (χ0v) is 10.0. The molecule has 92 valence electrons. The van der Waals surface area contributed by atoms with Gasteiger partial charge in [0.1, 0.15) is 5.82 Å². The molecule has 1 aromatic rings. The zero-order chi connectivity index (χ0) is 12.3. The van der Waals surface area contributed by atoms with Gasteiger partial charge >= 0.3 is 0 Å². The van der Waals surface area contributed by atoms with Gasteiger partial charge in [-0.05, 0) is 37.8 Å². The highest BCUT2D eigenvalue weighted by molar-refractivity contribution is 5.96. The third kappa shape index (κ3) is 3.13. The molecule has 1 saturated heterocycles. The minimum atomic E-state index is -0.319. The zero-order valence-electron chi connectivity index (χ0n) is 10.0. The van der Waals surface area contributed by atoms with Gasteiger partial charge in [0.05, 0.1) is 6.10 Å². The summed E-state index contributed by atoms with van der Waals surface area (Å²) in [6.07, 6.45) is 3.49. The smallest absolute Gasteiger partial charge is 0.165 e. The van der Waals surface area contributed by atoms with Crippen LogP contribution in [0.15, 0.2) is 18.2 Å². The van der Waals surface area contributed by atoms with Crippen molar-refractivity contribution in [3.05, 3.63) is 35.1 Å². The van der Waals surface area contributed by atoms with Crippen LogP contribution in [0.3, 0.4) is 0 Å². The van der Waals surface area contributed by atoms with Crippen molar-refractivity contribution in [3.8, 4) is 0 Å². The molecule has 0 aliphatic carbocycles. The Labute approximate surface area is 101 Å². The van der Waals surface area contributed by atoms with Crippen molar-refractivity contribution >= 4 is 5.78 Å². The highest BCUT2D eigenvalue weighted by Crippen LogP contribution is 2.19. The molecule has 2 nitrogen and oxygen atoms in total. The number of aryl methyl sites for hydroxylation is 1. The van der Waals surface area contributed by atoms with Crippen molar-refractivity contribution in [2.75, 3.05) is 6.61 Å². The fraction of sp³-hybridized carbons (Fsp3) is 0.500. The van der Waals surface area contributed by atoms with E-state index in [1.807, 2.05) is 0 Å². The van der Waals surface area contributed by atoms with Gasteiger partial charge in [0.25, 0.3) is 0 Å². The number of hydrogen-bond acceptors (Lipinski definition) is 2. The third-order valence-electron chi connectivity index (χ3n) is 3.18. The molecule has 0 bridgehead atoms. The number of halogens is 1. The van der Waals surface area contributed by atoms with Gasteiger partial charge < -0.3 is 4.74 Å². The van der Waals surface area contributed by atoms with Crippen molar-refractivity contribution < 1.29 is 13.9 Å². The summed E-state index contributed by atoms with van der Waals surface area (Å²) in [5.41, 5.74) is 1.01. The molecule has 1 unspecified atom stereocenters. The Morgan fingerprint density at radius 1 is 1.47 bits per heavy atom. The molecule has 0 spiro atoms. The summed E-state index contributed by atoms with van der Waals surface area (Å²) >= 11 is 0. The maximum absolute atomic E-state index is 13.3. The average molecular weight is 236 g/mol. The lowest BCUT2D eigenvalue weighted by atomic mass is 9.99. The fourth-order valence-corrected chi connectivity index (χ4v) is 2.06. The number of benzene rings is 1. The Balaban J connectivity index is 2.01. The maximum atomic E-state index is 13.3.